The van der Waals surface area contributed by atoms with Crippen molar-refractivity contribution in [3.8, 4) is 0 Å². The van der Waals surface area contributed by atoms with Crippen molar-refractivity contribution >= 4 is 11.8 Å². The second kappa shape index (κ2) is 5.12. The van der Waals surface area contributed by atoms with Gasteiger partial charge in [0.1, 0.15) is 0 Å². The van der Waals surface area contributed by atoms with E-state index in [1.54, 1.807) is 5.56 Å². The van der Waals surface area contributed by atoms with Crippen molar-refractivity contribution < 1.29 is 0 Å². The number of rotatable bonds is 2. The summed E-state index contributed by atoms with van der Waals surface area (Å²) < 4.78 is 0. The molecule has 19 heavy (non-hydrogen) atoms. The average Bonchev–Trinajstić information content (AvgIpc) is 3.06. The molecule has 3 aliphatic heterocycles. The fraction of sp³-hybridized carbons (Fsp3) is 0.625. The summed E-state index contributed by atoms with van der Waals surface area (Å²) in [6, 6.07) is 9.86. The molecule has 1 aromatic rings. The highest BCUT2D eigenvalue weighted by Gasteiger charge is 2.32. The molecule has 1 aromatic carbocycles. The first-order chi connectivity index (χ1) is 9.40. The number of nitrogens with zero attached hydrogens (tertiary/aromatic N) is 2. The van der Waals surface area contributed by atoms with Crippen LogP contribution in [0.4, 0.5) is 0 Å². The van der Waals surface area contributed by atoms with E-state index in [1.165, 1.54) is 56.2 Å². The Morgan fingerprint density at radius 2 is 2.11 bits per heavy atom. The predicted molar refractivity (Wildman–Crippen MR) is 80.9 cm³/mol. The zero-order valence-electron chi connectivity index (χ0n) is 11.4. The molecule has 3 heterocycles. The Balaban J connectivity index is 1.43. The maximum absolute atomic E-state index is 2.72. The Morgan fingerprint density at radius 3 is 3.11 bits per heavy atom. The van der Waals surface area contributed by atoms with Crippen molar-refractivity contribution in [3.05, 3.63) is 29.8 Å². The van der Waals surface area contributed by atoms with E-state index in [4.69, 9.17) is 0 Å². The SMILES string of the molecule is c1ccc2c(c1)SCC2CN1CCN2CCCC2C1. The summed E-state index contributed by atoms with van der Waals surface area (Å²) in [6.45, 7) is 6.50. The van der Waals surface area contributed by atoms with Gasteiger partial charge in [0.2, 0.25) is 0 Å². The van der Waals surface area contributed by atoms with Gasteiger partial charge in [-0.15, -0.1) is 11.8 Å². The summed E-state index contributed by atoms with van der Waals surface area (Å²) in [5, 5.41) is 0. The Labute approximate surface area is 120 Å². The molecular formula is C16H22N2S. The second-order valence-corrected chi connectivity index (χ2v) is 7.20. The van der Waals surface area contributed by atoms with Crippen LogP contribution in [0.2, 0.25) is 0 Å². The zero-order chi connectivity index (χ0) is 12.7. The predicted octanol–water partition coefficient (Wildman–Crippen LogP) is 2.66. The van der Waals surface area contributed by atoms with Crippen LogP contribution >= 0.6 is 11.8 Å². The van der Waals surface area contributed by atoms with Gasteiger partial charge in [0.25, 0.3) is 0 Å². The van der Waals surface area contributed by atoms with Crippen molar-refractivity contribution in [2.24, 2.45) is 0 Å². The fourth-order valence-corrected chi connectivity index (χ4v) is 5.16. The van der Waals surface area contributed by atoms with Gasteiger partial charge in [0.15, 0.2) is 0 Å². The number of piperazine rings is 1. The monoisotopic (exact) mass is 274 g/mol. The molecule has 2 fully saturated rings. The summed E-state index contributed by atoms with van der Waals surface area (Å²) in [5.74, 6) is 2.04. The molecule has 2 nitrogen and oxygen atoms in total. The molecular weight excluding hydrogens is 252 g/mol. The number of benzene rings is 1. The van der Waals surface area contributed by atoms with Gasteiger partial charge < -0.3 is 0 Å². The molecule has 102 valence electrons. The van der Waals surface area contributed by atoms with Gasteiger partial charge >= 0.3 is 0 Å². The first kappa shape index (κ1) is 12.2. The molecule has 3 aliphatic rings. The van der Waals surface area contributed by atoms with Gasteiger partial charge in [-0.1, -0.05) is 18.2 Å². The molecule has 3 heteroatoms. The van der Waals surface area contributed by atoms with E-state index in [0.717, 1.165) is 12.0 Å². The zero-order valence-corrected chi connectivity index (χ0v) is 12.2. The Bertz CT molecular complexity index is 462. The van der Waals surface area contributed by atoms with Crippen LogP contribution in [0.5, 0.6) is 0 Å². The van der Waals surface area contributed by atoms with Crippen LogP contribution in [0.1, 0.15) is 24.3 Å². The van der Waals surface area contributed by atoms with Crippen LogP contribution < -0.4 is 0 Å². The highest BCUT2D eigenvalue weighted by molar-refractivity contribution is 7.99. The lowest BCUT2D eigenvalue weighted by Crippen LogP contribution is -2.50. The van der Waals surface area contributed by atoms with Crippen molar-refractivity contribution in [2.45, 2.75) is 29.7 Å². The number of hydrogen-bond acceptors (Lipinski definition) is 3. The Morgan fingerprint density at radius 1 is 1.16 bits per heavy atom. The molecule has 0 saturated carbocycles. The van der Waals surface area contributed by atoms with Crippen LogP contribution in [0.25, 0.3) is 0 Å². The average molecular weight is 274 g/mol. The van der Waals surface area contributed by atoms with Crippen LogP contribution in [0.3, 0.4) is 0 Å². The van der Waals surface area contributed by atoms with Gasteiger partial charge in [-0.3, -0.25) is 9.80 Å². The normalized spacial score (nSPS) is 31.4. The maximum atomic E-state index is 2.72. The van der Waals surface area contributed by atoms with Gasteiger partial charge in [-0.2, -0.15) is 0 Å². The highest BCUT2D eigenvalue weighted by Crippen LogP contribution is 2.39. The number of fused-ring (bicyclic) bond motifs is 2. The molecule has 2 atom stereocenters. The summed E-state index contributed by atoms with van der Waals surface area (Å²) in [7, 11) is 0. The molecule has 0 radical (unpaired) electrons. The van der Waals surface area contributed by atoms with Crippen LogP contribution in [-0.2, 0) is 0 Å². The standard InChI is InChI=1S/C16H22N2S/c1-2-6-16-15(5-1)13(12-19-16)10-17-8-9-18-7-3-4-14(18)11-17/h1-2,5-6,13-14H,3-4,7-12H2. The van der Waals surface area contributed by atoms with E-state index in [2.05, 4.69) is 34.1 Å². The minimum atomic E-state index is 0.758. The Kier molecular flexibility index (Phi) is 3.30. The molecule has 0 N–H and O–H groups in total. The lowest BCUT2D eigenvalue weighted by molar-refractivity contribution is 0.101. The molecule has 0 aromatic heterocycles. The molecule has 0 bridgehead atoms. The highest BCUT2D eigenvalue weighted by atomic mass is 32.2. The van der Waals surface area contributed by atoms with E-state index >= 15 is 0 Å². The smallest absolute Gasteiger partial charge is 0.0224 e. The quantitative estimate of drug-likeness (QED) is 0.818. The fourth-order valence-electron chi connectivity index (χ4n) is 3.91. The summed E-state index contributed by atoms with van der Waals surface area (Å²) in [5.41, 5.74) is 1.60. The van der Waals surface area contributed by atoms with E-state index < -0.39 is 0 Å². The maximum Gasteiger partial charge on any atom is 0.0224 e. The first-order valence-electron chi connectivity index (χ1n) is 7.58. The van der Waals surface area contributed by atoms with Crippen LogP contribution in [-0.4, -0.2) is 54.3 Å². The second-order valence-electron chi connectivity index (χ2n) is 6.14. The lowest BCUT2D eigenvalue weighted by Gasteiger charge is -2.38. The van der Waals surface area contributed by atoms with E-state index in [9.17, 15) is 0 Å². The van der Waals surface area contributed by atoms with E-state index in [1.807, 2.05) is 11.8 Å². The first-order valence-corrected chi connectivity index (χ1v) is 8.57. The van der Waals surface area contributed by atoms with Gasteiger partial charge in [0.05, 0.1) is 0 Å². The topological polar surface area (TPSA) is 6.48 Å². The molecule has 0 aliphatic carbocycles. The van der Waals surface area contributed by atoms with Crippen molar-refractivity contribution in [2.75, 3.05) is 38.5 Å². The van der Waals surface area contributed by atoms with E-state index in [0.29, 0.717) is 0 Å². The van der Waals surface area contributed by atoms with Crippen molar-refractivity contribution in [1.29, 1.82) is 0 Å². The molecule has 2 unspecified atom stereocenters. The van der Waals surface area contributed by atoms with Gasteiger partial charge in [-0.25, -0.2) is 0 Å². The lowest BCUT2D eigenvalue weighted by atomic mass is 10.00. The summed E-state index contributed by atoms with van der Waals surface area (Å²) >= 11 is 2.05. The largest absolute Gasteiger partial charge is 0.300 e. The van der Waals surface area contributed by atoms with Crippen LogP contribution in [0.15, 0.2) is 29.2 Å². The summed E-state index contributed by atoms with van der Waals surface area (Å²) in [6.07, 6.45) is 2.84. The third-order valence-electron chi connectivity index (χ3n) is 4.95. The number of thioether (sulfide) groups is 1. The van der Waals surface area contributed by atoms with E-state index in [-0.39, 0.29) is 0 Å². The third kappa shape index (κ3) is 2.32. The number of hydrogen-bond donors (Lipinski definition) is 0. The molecule has 0 spiro atoms. The van der Waals surface area contributed by atoms with Gasteiger partial charge in [-0.05, 0) is 31.0 Å². The van der Waals surface area contributed by atoms with Gasteiger partial charge in [0, 0.05) is 48.8 Å². The van der Waals surface area contributed by atoms with Crippen LogP contribution in [0, 0.1) is 0 Å². The summed E-state index contributed by atoms with van der Waals surface area (Å²) in [4.78, 5) is 6.94. The Hall–Kier alpha value is -0.510. The molecule has 2 saturated heterocycles. The minimum absolute atomic E-state index is 0.758. The van der Waals surface area contributed by atoms with Crippen molar-refractivity contribution in [1.82, 2.24) is 9.80 Å². The third-order valence-corrected chi connectivity index (χ3v) is 6.20. The molecule has 4 rings (SSSR count). The van der Waals surface area contributed by atoms with Crippen molar-refractivity contribution in [3.63, 3.8) is 0 Å². The minimum Gasteiger partial charge on any atom is -0.300 e. The molecule has 0 amide bonds.